The van der Waals surface area contributed by atoms with E-state index in [0.29, 0.717) is 22.2 Å². The first-order valence-corrected chi connectivity index (χ1v) is 6.84. The van der Waals surface area contributed by atoms with E-state index in [1.807, 2.05) is 0 Å². The van der Waals surface area contributed by atoms with E-state index >= 15 is 0 Å². The Morgan fingerprint density at radius 1 is 1.33 bits per heavy atom. The van der Waals surface area contributed by atoms with Crippen molar-refractivity contribution in [1.82, 2.24) is 4.98 Å². The molecular weight excluding hydrogens is 312 g/mol. The Morgan fingerprint density at radius 3 is 2.92 bits per heavy atom. The van der Waals surface area contributed by atoms with Crippen molar-refractivity contribution < 1.29 is 18.9 Å². The average molecular weight is 322 g/mol. The van der Waals surface area contributed by atoms with Crippen LogP contribution in [0.3, 0.4) is 0 Å². The van der Waals surface area contributed by atoms with E-state index in [0.717, 1.165) is 0 Å². The predicted octanol–water partition coefficient (Wildman–Crippen LogP) is 3.19. The molecule has 0 saturated carbocycles. The molecule has 0 aliphatic carbocycles. The molecule has 1 heterocycles. The Bertz CT molecular complexity index is 984. The summed E-state index contributed by atoms with van der Waals surface area (Å²) in [5, 5.41) is 10.8. The van der Waals surface area contributed by atoms with E-state index < -0.39 is 10.9 Å². The van der Waals surface area contributed by atoms with Crippen molar-refractivity contribution in [3.63, 3.8) is 0 Å². The number of rotatable bonds is 4. The summed E-state index contributed by atoms with van der Waals surface area (Å²) in [5.41, 5.74) is 1.53. The molecule has 7 heteroatoms. The third kappa shape index (κ3) is 2.94. The van der Waals surface area contributed by atoms with Crippen molar-refractivity contribution in [2.24, 2.45) is 0 Å². The fraction of sp³-hybridized carbons (Fsp3) is 0.0588. The summed E-state index contributed by atoms with van der Waals surface area (Å²) >= 11 is 0. The number of aromatic nitrogens is 1. The van der Waals surface area contributed by atoms with E-state index in [1.54, 1.807) is 24.3 Å². The monoisotopic (exact) mass is 322 g/mol. The van der Waals surface area contributed by atoms with Gasteiger partial charge in [-0.05, 0) is 24.3 Å². The number of ether oxygens (including phenoxy) is 1. The van der Waals surface area contributed by atoms with E-state index in [9.17, 15) is 14.9 Å². The number of nitrogens with zero attached hydrogens (tertiary/aromatic N) is 2. The first-order chi connectivity index (χ1) is 11.6. The molecule has 0 aliphatic rings. The Morgan fingerprint density at radius 2 is 2.17 bits per heavy atom. The Kier molecular flexibility index (Phi) is 3.95. The number of terminal acetylenes is 1. The summed E-state index contributed by atoms with van der Waals surface area (Å²) in [7, 11) is 0. The van der Waals surface area contributed by atoms with Gasteiger partial charge in [0.25, 0.3) is 5.69 Å². The lowest BCUT2D eigenvalue weighted by Crippen LogP contribution is -2.05. The van der Waals surface area contributed by atoms with Crippen LogP contribution in [0.1, 0.15) is 10.4 Å². The molecule has 2 aromatic carbocycles. The van der Waals surface area contributed by atoms with E-state index in [1.165, 1.54) is 18.2 Å². The van der Waals surface area contributed by atoms with Crippen LogP contribution in [-0.4, -0.2) is 22.5 Å². The Hall–Kier alpha value is -3.66. The number of esters is 1. The van der Waals surface area contributed by atoms with Crippen molar-refractivity contribution in [3.05, 3.63) is 58.1 Å². The molecule has 0 amide bonds. The summed E-state index contributed by atoms with van der Waals surface area (Å²) in [6, 6.07) is 10.6. The molecule has 0 radical (unpaired) electrons. The number of carbonyl (C=O) groups is 1. The van der Waals surface area contributed by atoms with Crippen LogP contribution in [0.4, 0.5) is 5.69 Å². The topological polar surface area (TPSA) is 95.5 Å². The average Bonchev–Trinajstić information content (AvgIpc) is 3.03. The second-order valence-electron chi connectivity index (χ2n) is 4.79. The highest BCUT2D eigenvalue weighted by atomic mass is 16.6. The largest absolute Gasteiger partial charge is 0.449 e. The van der Waals surface area contributed by atoms with Gasteiger partial charge in [-0.1, -0.05) is 12.0 Å². The molecule has 0 unspecified atom stereocenters. The SMILES string of the molecule is C#CCOC(=O)c1cccc(-c2nc3ccc([N+](=O)[O-])cc3o2)c1. The van der Waals surface area contributed by atoms with Gasteiger partial charge in [0.15, 0.2) is 12.2 Å². The van der Waals surface area contributed by atoms with Gasteiger partial charge < -0.3 is 9.15 Å². The molecule has 0 aliphatic heterocycles. The van der Waals surface area contributed by atoms with Crippen molar-refractivity contribution in [2.45, 2.75) is 0 Å². The van der Waals surface area contributed by atoms with Crippen LogP contribution in [-0.2, 0) is 4.74 Å². The number of hydrogen-bond acceptors (Lipinski definition) is 6. The lowest BCUT2D eigenvalue weighted by molar-refractivity contribution is -0.384. The molecule has 7 nitrogen and oxygen atoms in total. The summed E-state index contributed by atoms with van der Waals surface area (Å²) in [4.78, 5) is 26.4. The minimum Gasteiger partial charge on any atom is -0.449 e. The molecule has 0 saturated heterocycles. The second kappa shape index (κ2) is 6.22. The van der Waals surface area contributed by atoms with E-state index in [2.05, 4.69) is 10.9 Å². The van der Waals surface area contributed by atoms with Crippen molar-refractivity contribution in [3.8, 4) is 23.8 Å². The highest BCUT2D eigenvalue weighted by molar-refractivity contribution is 5.91. The van der Waals surface area contributed by atoms with Crippen molar-refractivity contribution in [1.29, 1.82) is 0 Å². The van der Waals surface area contributed by atoms with Crippen LogP contribution >= 0.6 is 0 Å². The normalized spacial score (nSPS) is 10.3. The molecule has 0 N–H and O–H groups in total. The molecule has 1 aromatic heterocycles. The molecule has 0 fully saturated rings. The lowest BCUT2D eigenvalue weighted by Gasteiger charge is -2.02. The first kappa shape index (κ1) is 15.2. The van der Waals surface area contributed by atoms with Crippen LogP contribution in [0.25, 0.3) is 22.6 Å². The molecular formula is C17H10N2O5. The standard InChI is InChI=1S/C17H10N2O5/c1-2-8-23-17(20)12-5-3-4-11(9-12)16-18-14-7-6-13(19(21)22)10-15(14)24-16/h1,3-7,9-10H,8H2. The molecule has 3 rings (SSSR count). The van der Waals surface area contributed by atoms with Crippen LogP contribution in [0.2, 0.25) is 0 Å². The van der Waals surface area contributed by atoms with Gasteiger partial charge in [-0.2, -0.15) is 0 Å². The Balaban J connectivity index is 1.97. The van der Waals surface area contributed by atoms with Gasteiger partial charge >= 0.3 is 5.97 Å². The van der Waals surface area contributed by atoms with Gasteiger partial charge in [-0.25, -0.2) is 9.78 Å². The number of benzene rings is 2. The molecule has 0 spiro atoms. The number of fused-ring (bicyclic) bond motifs is 1. The molecule has 0 bridgehead atoms. The molecule has 3 aromatic rings. The molecule has 118 valence electrons. The summed E-state index contributed by atoms with van der Waals surface area (Å²) in [6.45, 7) is -0.115. The lowest BCUT2D eigenvalue weighted by atomic mass is 10.1. The van der Waals surface area contributed by atoms with Crippen LogP contribution < -0.4 is 0 Å². The van der Waals surface area contributed by atoms with Gasteiger partial charge in [0.05, 0.1) is 16.6 Å². The third-order valence-electron chi connectivity index (χ3n) is 3.21. The summed E-state index contributed by atoms with van der Waals surface area (Å²) in [6.07, 6.45) is 5.05. The van der Waals surface area contributed by atoms with Gasteiger partial charge in [0, 0.05) is 11.6 Å². The first-order valence-electron chi connectivity index (χ1n) is 6.84. The zero-order valence-corrected chi connectivity index (χ0v) is 12.3. The maximum atomic E-state index is 11.8. The smallest absolute Gasteiger partial charge is 0.339 e. The summed E-state index contributed by atoms with van der Waals surface area (Å²) in [5.74, 6) is 1.91. The number of hydrogen-bond donors (Lipinski definition) is 0. The van der Waals surface area contributed by atoms with Gasteiger partial charge in [-0.15, -0.1) is 6.42 Å². The number of nitro groups is 1. The maximum absolute atomic E-state index is 11.8. The number of carbonyl (C=O) groups excluding carboxylic acids is 1. The second-order valence-corrected chi connectivity index (χ2v) is 4.79. The van der Waals surface area contributed by atoms with Gasteiger partial charge in [0.2, 0.25) is 5.89 Å². The zero-order valence-electron chi connectivity index (χ0n) is 12.3. The molecule has 0 atom stereocenters. The predicted molar refractivity (Wildman–Crippen MR) is 85.2 cm³/mol. The number of oxazole rings is 1. The third-order valence-corrected chi connectivity index (χ3v) is 3.21. The fourth-order valence-electron chi connectivity index (χ4n) is 2.12. The fourth-order valence-corrected chi connectivity index (χ4v) is 2.12. The maximum Gasteiger partial charge on any atom is 0.339 e. The van der Waals surface area contributed by atoms with Gasteiger partial charge in [0.1, 0.15) is 5.52 Å². The van der Waals surface area contributed by atoms with Crippen molar-refractivity contribution in [2.75, 3.05) is 6.61 Å². The molecule has 24 heavy (non-hydrogen) atoms. The highest BCUT2D eigenvalue weighted by Crippen LogP contribution is 2.27. The van der Waals surface area contributed by atoms with E-state index in [4.69, 9.17) is 15.6 Å². The minimum atomic E-state index is -0.554. The van der Waals surface area contributed by atoms with Crippen molar-refractivity contribution >= 4 is 22.8 Å². The van der Waals surface area contributed by atoms with Crippen LogP contribution in [0, 0.1) is 22.5 Å². The van der Waals surface area contributed by atoms with Crippen LogP contribution in [0.15, 0.2) is 46.9 Å². The number of nitro benzene ring substituents is 1. The number of non-ortho nitro benzene ring substituents is 1. The van der Waals surface area contributed by atoms with Gasteiger partial charge in [-0.3, -0.25) is 10.1 Å². The van der Waals surface area contributed by atoms with E-state index in [-0.39, 0.29) is 18.2 Å². The van der Waals surface area contributed by atoms with Crippen LogP contribution in [0.5, 0.6) is 0 Å². The summed E-state index contributed by atoms with van der Waals surface area (Å²) < 4.78 is 10.4. The minimum absolute atomic E-state index is 0.0863. The zero-order chi connectivity index (χ0) is 17.1. The highest BCUT2D eigenvalue weighted by Gasteiger charge is 2.14. The Labute approximate surface area is 136 Å². The quantitative estimate of drug-likeness (QED) is 0.317.